The quantitative estimate of drug-likeness (QED) is 0.697. The summed E-state index contributed by atoms with van der Waals surface area (Å²) in [5.74, 6) is 0.354. The van der Waals surface area contributed by atoms with Gasteiger partial charge in [0.2, 0.25) is 0 Å². The molecule has 118 valence electrons. The van der Waals surface area contributed by atoms with Crippen molar-refractivity contribution in [1.82, 2.24) is 14.6 Å². The third-order valence-corrected chi connectivity index (χ3v) is 5.25. The summed E-state index contributed by atoms with van der Waals surface area (Å²) in [4.78, 5) is 16.0. The number of hydrogen-bond donors (Lipinski definition) is 4. The average molecular weight is 321 g/mol. The van der Waals surface area contributed by atoms with Crippen molar-refractivity contribution in [3.8, 4) is 0 Å². The first kappa shape index (κ1) is 14.8. The molecule has 1 aliphatic heterocycles. The van der Waals surface area contributed by atoms with E-state index >= 15 is 0 Å². The van der Waals surface area contributed by atoms with E-state index in [1.54, 1.807) is 12.5 Å². The second-order valence-electron chi connectivity index (χ2n) is 5.48. The van der Waals surface area contributed by atoms with Crippen LogP contribution in [0, 0.1) is 0 Å². The van der Waals surface area contributed by atoms with Crippen molar-refractivity contribution < 1.29 is 14.5 Å². The molecule has 2 aromatic rings. The fraction of sp³-hybridized carbons (Fsp3) is 0.267. The minimum Gasteiger partial charge on any atom is -0.465 e. The maximum Gasteiger partial charge on any atom is 0.411 e. The van der Waals surface area contributed by atoms with Gasteiger partial charge >= 0.3 is 6.09 Å². The van der Waals surface area contributed by atoms with Gasteiger partial charge < -0.3 is 19.4 Å². The molecule has 2 heterocycles. The first-order valence-electron chi connectivity index (χ1n) is 6.96. The molecule has 0 saturated carbocycles. The van der Waals surface area contributed by atoms with Crippen LogP contribution in [0.25, 0.3) is 10.9 Å². The largest absolute Gasteiger partial charge is 0.465 e. The summed E-state index contributed by atoms with van der Waals surface area (Å²) in [7, 11) is -1.93. The number of fused-ring (bicyclic) bond motifs is 1. The number of rotatable bonds is 4. The number of para-hydroxylation sites is 1. The smallest absolute Gasteiger partial charge is 0.411 e. The van der Waals surface area contributed by atoms with Crippen LogP contribution >= 0.6 is 10.5 Å². The summed E-state index contributed by atoms with van der Waals surface area (Å²) >= 11 is 0. The number of H-pyrrole nitrogens is 1. The standard InChI is InChI=1S/C15H19N3O3S/c1-22(21)10-12(9-17-22)18(15(19)20)7-6-11-8-16-14-5-3-2-4-13(11)14/h2-5,8-9,16-17,21H,6-7,10H2,1H3,(H,19,20). The van der Waals surface area contributed by atoms with E-state index < -0.39 is 16.6 Å². The minimum atomic E-state index is -1.93. The molecule has 1 aromatic heterocycles. The van der Waals surface area contributed by atoms with Gasteiger partial charge in [-0.05, 0) is 18.1 Å². The Morgan fingerprint density at radius 2 is 2.18 bits per heavy atom. The van der Waals surface area contributed by atoms with Crippen LogP contribution in [-0.2, 0) is 6.42 Å². The molecule has 1 aliphatic rings. The monoisotopic (exact) mass is 321 g/mol. The highest BCUT2D eigenvalue weighted by atomic mass is 32.3. The maximum absolute atomic E-state index is 11.5. The normalized spacial score (nSPS) is 23.6. The maximum atomic E-state index is 11.5. The molecule has 3 rings (SSSR count). The van der Waals surface area contributed by atoms with E-state index in [-0.39, 0.29) is 0 Å². The van der Waals surface area contributed by atoms with E-state index in [1.165, 1.54) is 4.90 Å². The van der Waals surface area contributed by atoms with Gasteiger partial charge in [0.1, 0.15) is 0 Å². The van der Waals surface area contributed by atoms with Gasteiger partial charge in [0.25, 0.3) is 0 Å². The summed E-state index contributed by atoms with van der Waals surface area (Å²) in [6.45, 7) is 0.361. The number of carboxylic acid groups (broad SMARTS) is 1. The molecule has 0 saturated heterocycles. The zero-order valence-corrected chi connectivity index (χ0v) is 13.1. The molecule has 0 radical (unpaired) electrons. The highest BCUT2D eigenvalue weighted by molar-refractivity contribution is 8.27. The number of aromatic nitrogens is 1. The molecule has 7 heteroatoms. The zero-order valence-electron chi connectivity index (χ0n) is 12.2. The van der Waals surface area contributed by atoms with Gasteiger partial charge in [-0.1, -0.05) is 28.7 Å². The van der Waals surface area contributed by atoms with Crippen LogP contribution in [0.15, 0.2) is 42.4 Å². The van der Waals surface area contributed by atoms with E-state index in [0.717, 1.165) is 16.5 Å². The van der Waals surface area contributed by atoms with Crippen molar-refractivity contribution in [2.24, 2.45) is 0 Å². The van der Waals surface area contributed by atoms with Crippen LogP contribution in [0.4, 0.5) is 4.79 Å². The lowest BCUT2D eigenvalue weighted by Gasteiger charge is -2.25. The van der Waals surface area contributed by atoms with Gasteiger partial charge in [-0.3, -0.25) is 4.90 Å². The Labute approximate surface area is 130 Å². The van der Waals surface area contributed by atoms with Crippen molar-refractivity contribution >= 4 is 27.5 Å². The minimum absolute atomic E-state index is 0.354. The molecular weight excluding hydrogens is 302 g/mol. The Morgan fingerprint density at radius 3 is 2.86 bits per heavy atom. The lowest BCUT2D eigenvalue weighted by atomic mass is 10.1. The highest BCUT2D eigenvalue weighted by Crippen LogP contribution is 2.41. The van der Waals surface area contributed by atoms with Crippen LogP contribution in [0.5, 0.6) is 0 Å². The first-order valence-corrected chi connectivity index (χ1v) is 9.13. The predicted molar refractivity (Wildman–Crippen MR) is 89.0 cm³/mol. The summed E-state index contributed by atoms with van der Waals surface area (Å²) in [5, 5.41) is 10.5. The summed E-state index contributed by atoms with van der Waals surface area (Å²) < 4.78 is 12.9. The van der Waals surface area contributed by atoms with E-state index in [4.69, 9.17) is 0 Å². The second kappa shape index (κ2) is 5.58. The van der Waals surface area contributed by atoms with Crippen LogP contribution in [0.1, 0.15) is 5.56 Å². The summed E-state index contributed by atoms with van der Waals surface area (Å²) in [6, 6.07) is 7.96. The molecule has 0 bridgehead atoms. The fourth-order valence-corrected chi connectivity index (χ4v) is 3.94. The zero-order chi connectivity index (χ0) is 15.7. The number of aromatic amines is 1. The SMILES string of the molecule is CS1(O)CC(N(CCc2c[nH]c3ccccc23)C(=O)O)=CN1. The molecule has 1 aromatic carbocycles. The van der Waals surface area contributed by atoms with Gasteiger partial charge in [-0.25, -0.2) is 4.79 Å². The topological polar surface area (TPSA) is 88.6 Å². The number of nitrogens with zero attached hydrogens (tertiary/aromatic N) is 1. The van der Waals surface area contributed by atoms with Crippen molar-refractivity contribution in [2.75, 3.05) is 18.6 Å². The molecule has 6 nitrogen and oxygen atoms in total. The van der Waals surface area contributed by atoms with Crippen LogP contribution in [-0.4, -0.2) is 44.2 Å². The highest BCUT2D eigenvalue weighted by Gasteiger charge is 2.28. The Hall–Kier alpha value is -2.12. The number of benzene rings is 1. The second-order valence-corrected chi connectivity index (χ2v) is 8.09. The molecule has 22 heavy (non-hydrogen) atoms. The Morgan fingerprint density at radius 1 is 1.41 bits per heavy atom. The van der Waals surface area contributed by atoms with Gasteiger partial charge in [-0.15, -0.1) is 0 Å². The Bertz CT molecular complexity index is 738. The first-order chi connectivity index (χ1) is 10.5. The summed E-state index contributed by atoms with van der Waals surface area (Å²) in [5.41, 5.74) is 2.76. The van der Waals surface area contributed by atoms with Crippen molar-refractivity contribution in [2.45, 2.75) is 6.42 Å². The van der Waals surface area contributed by atoms with Gasteiger partial charge in [0.05, 0.1) is 11.4 Å². The molecule has 1 atom stereocenters. The van der Waals surface area contributed by atoms with Crippen LogP contribution < -0.4 is 4.72 Å². The lowest BCUT2D eigenvalue weighted by molar-refractivity contribution is 0.159. The van der Waals surface area contributed by atoms with Gasteiger partial charge in [0, 0.05) is 36.1 Å². The van der Waals surface area contributed by atoms with Crippen molar-refractivity contribution in [1.29, 1.82) is 0 Å². The van der Waals surface area contributed by atoms with Crippen LogP contribution in [0.2, 0.25) is 0 Å². The molecule has 0 fully saturated rings. The van der Waals surface area contributed by atoms with E-state index in [1.807, 2.05) is 30.5 Å². The number of nitrogens with one attached hydrogen (secondary N) is 2. The van der Waals surface area contributed by atoms with Gasteiger partial charge in [-0.2, -0.15) is 0 Å². The Balaban J connectivity index is 1.74. The van der Waals surface area contributed by atoms with E-state index in [9.17, 15) is 14.5 Å². The van der Waals surface area contributed by atoms with Crippen molar-refractivity contribution in [3.63, 3.8) is 0 Å². The predicted octanol–water partition coefficient (Wildman–Crippen LogP) is 2.96. The van der Waals surface area contributed by atoms with Crippen LogP contribution in [0.3, 0.4) is 0 Å². The van der Waals surface area contributed by atoms with Crippen molar-refractivity contribution in [3.05, 3.63) is 47.9 Å². The fourth-order valence-electron chi connectivity index (χ4n) is 2.65. The number of amides is 1. The molecular formula is C15H19N3O3S. The number of carbonyl (C=O) groups is 1. The molecule has 4 N–H and O–H groups in total. The molecule has 0 aliphatic carbocycles. The Kier molecular flexibility index (Phi) is 3.76. The van der Waals surface area contributed by atoms with Gasteiger partial charge in [0.15, 0.2) is 0 Å². The third kappa shape index (κ3) is 2.90. The molecule has 1 unspecified atom stereocenters. The van der Waals surface area contributed by atoms with E-state index in [0.29, 0.717) is 24.4 Å². The molecule has 1 amide bonds. The lowest BCUT2D eigenvalue weighted by Crippen LogP contribution is -2.31. The number of hydrogen-bond acceptors (Lipinski definition) is 3. The van der Waals surface area contributed by atoms with E-state index in [2.05, 4.69) is 9.71 Å². The average Bonchev–Trinajstić information content (AvgIpc) is 3.03. The summed E-state index contributed by atoms with van der Waals surface area (Å²) in [6.07, 6.45) is 4.86. The third-order valence-electron chi connectivity index (χ3n) is 3.77. The molecule has 0 spiro atoms.